The lowest BCUT2D eigenvalue weighted by molar-refractivity contribution is 0.291. The molecule has 2 rings (SSSR count). The molecule has 1 aliphatic carbocycles. The Kier molecular flexibility index (Phi) is 5.20. The fraction of sp³-hybridized carbons (Fsp3) is 0.429. The van der Waals surface area contributed by atoms with Crippen molar-refractivity contribution in [2.75, 3.05) is 0 Å². The molecular weight excluding hydrogens is 246 g/mol. The Balaban J connectivity index is 1.95. The van der Waals surface area contributed by atoms with E-state index in [1.807, 2.05) is 30.3 Å². The van der Waals surface area contributed by atoms with Crippen LogP contribution < -0.4 is 15.9 Å². The predicted molar refractivity (Wildman–Crippen MR) is 75.8 cm³/mol. The summed E-state index contributed by atoms with van der Waals surface area (Å²) in [7, 11) is 0. The van der Waals surface area contributed by atoms with Gasteiger partial charge < -0.3 is 5.73 Å². The summed E-state index contributed by atoms with van der Waals surface area (Å²) in [6.07, 6.45) is 7.56. The first-order valence-corrected chi connectivity index (χ1v) is 6.77. The average Bonchev–Trinajstić information content (AvgIpc) is 2.46. The van der Waals surface area contributed by atoms with E-state index < -0.39 is 0 Å². The molecule has 0 fully saturated rings. The van der Waals surface area contributed by atoms with Crippen LogP contribution in [0.15, 0.2) is 42.5 Å². The molecule has 1 aliphatic rings. The molecule has 3 nitrogen and oxygen atoms in total. The zero-order valence-electron chi connectivity index (χ0n) is 10.4. The summed E-state index contributed by atoms with van der Waals surface area (Å²) in [5.74, 6) is 0.488. The monoisotopic (exact) mass is 265 g/mol. The Morgan fingerprint density at radius 3 is 2.61 bits per heavy atom. The smallest absolute Gasteiger partial charge is 0.0822 e. The van der Waals surface area contributed by atoms with Crippen LogP contribution in [0.3, 0.4) is 0 Å². The van der Waals surface area contributed by atoms with Gasteiger partial charge >= 0.3 is 0 Å². The summed E-state index contributed by atoms with van der Waals surface area (Å²) in [5, 5.41) is 3.35. The van der Waals surface area contributed by atoms with E-state index in [1.54, 1.807) is 0 Å². The first kappa shape index (κ1) is 13.6. The summed E-state index contributed by atoms with van der Waals surface area (Å²) in [6, 6.07) is 10.00. The maximum absolute atomic E-state index is 6.15. The van der Waals surface area contributed by atoms with Gasteiger partial charge in [0.2, 0.25) is 0 Å². The van der Waals surface area contributed by atoms with Crippen LogP contribution in [0, 0.1) is 5.92 Å². The Morgan fingerprint density at radius 2 is 2.00 bits per heavy atom. The van der Waals surface area contributed by atoms with Crippen molar-refractivity contribution in [3.63, 3.8) is 0 Å². The highest BCUT2D eigenvalue weighted by Crippen LogP contribution is 2.22. The lowest BCUT2D eigenvalue weighted by Crippen LogP contribution is -2.48. The number of nitrogens with one attached hydrogen (secondary N) is 2. The summed E-state index contributed by atoms with van der Waals surface area (Å²) in [4.78, 5) is 2.82. The molecule has 3 atom stereocenters. The fourth-order valence-electron chi connectivity index (χ4n) is 2.33. The van der Waals surface area contributed by atoms with Gasteiger partial charge in [-0.25, -0.2) is 4.84 Å². The third-order valence-corrected chi connectivity index (χ3v) is 3.65. The molecular formula is C14H20ClN3. The molecule has 0 amide bonds. The van der Waals surface area contributed by atoms with Gasteiger partial charge in [0, 0.05) is 0 Å². The van der Waals surface area contributed by atoms with E-state index in [2.05, 4.69) is 22.3 Å². The van der Waals surface area contributed by atoms with Gasteiger partial charge in [0.05, 0.1) is 12.3 Å². The van der Waals surface area contributed by atoms with Crippen molar-refractivity contribution in [2.45, 2.75) is 31.6 Å². The maximum atomic E-state index is 6.15. The molecule has 0 saturated heterocycles. The maximum Gasteiger partial charge on any atom is 0.0822 e. The molecule has 3 unspecified atom stereocenters. The second-order valence-electron chi connectivity index (χ2n) is 4.69. The van der Waals surface area contributed by atoms with Gasteiger partial charge in [-0.05, 0) is 42.5 Å². The topological polar surface area (TPSA) is 50.1 Å². The van der Waals surface area contributed by atoms with Crippen LogP contribution in [-0.4, -0.2) is 6.17 Å². The molecule has 1 aromatic rings. The highest BCUT2D eigenvalue weighted by Gasteiger charge is 2.22. The van der Waals surface area contributed by atoms with Crippen molar-refractivity contribution in [3.8, 4) is 0 Å². The van der Waals surface area contributed by atoms with E-state index in [0.29, 0.717) is 5.92 Å². The van der Waals surface area contributed by atoms with E-state index in [9.17, 15) is 0 Å². The van der Waals surface area contributed by atoms with Gasteiger partial charge in [-0.15, -0.1) is 0 Å². The number of benzene rings is 1. The Morgan fingerprint density at radius 1 is 1.22 bits per heavy atom. The third kappa shape index (κ3) is 3.56. The fourth-order valence-corrected chi connectivity index (χ4v) is 2.57. The zero-order valence-corrected chi connectivity index (χ0v) is 11.1. The predicted octanol–water partition coefficient (Wildman–Crippen LogP) is 2.66. The summed E-state index contributed by atoms with van der Waals surface area (Å²) in [5.41, 5.74) is 7.22. The number of halogens is 1. The number of allylic oxidation sites excluding steroid dienone is 2. The standard InChI is InChI=1S/C14H20ClN3/c15-18-14(12-9-5-2-6-10-12)17-13(16)11-7-3-1-4-8-11/h1-5,7-8,12-14,17-18H,6,9-10,16H2. The van der Waals surface area contributed by atoms with E-state index in [0.717, 1.165) is 24.8 Å². The normalized spacial score (nSPS) is 22.7. The second kappa shape index (κ2) is 6.90. The Hall–Kier alpha value is -0.870. The van der Waals surface area contributed by atoms with Gasteiger partial charge in [-0.1, -0.05) is 42.5 Å². The summed E-state index contributed by atoms with van der Waals surface area (Å²) < 4.78 is 0. The minimum atomic E-state index is -0.201. The van der Waals surface area contributed by atoms with Crippen molar-refractivity contribution >= 4 is 11.8 Å². The van der Waals surface area contributed by atoms with Gasteiger partial charge in [-0.2, -0.15) is 0 Å². The van der Waals surface area contributed by atoms with E-state index in [1.165, 1.54) is 0 Å². The molecule has 0 aliphatic heterocycles. The SMILES string of the molecule is NC(NC(NCl)C1CC=CCC1)c1ccccc1. The molecule has 0 heterocycles. The van der Waals surface area contributed by atoms with E-state index in [-0.39, 0.29) is 12.3 Å². The van der Waals surface area contributed by atoms with Gasteiger partial charge in [-0.3, -0.25) is 5.32 Å². The highest BCUT2D eigenvalue weighted by atomic mass is 35.5. The number of rotatable bonds is 5. The molecule has 0 bridgehead atoms. The Labute approximate surface area is 114 Å². The molecule has 1 aromatic carbocycles. The van der Waals surface area contributed by atoms with Crippen molar-refractivity contribution in [1.29, 1.82) is 0 Å². The van der Waals surface area contributed by atoms with Gasteiger partial charge in [0.15, 0.2) is 0 Å². The first-order chi connectivity index (χ1) is 8.81. The van der Waals surface area contributed by atoms with Crippen molar-refractivity contribution < 1.29 is 0 Å². The van der Waals surface area contributed by atoms with E-state index in [4.69, 9.17) is 17.5 Å². The lowest BCUT2D eigenvalue weighted by atomic mass is 9.91. The van der Waals surface area contributed by atoms with Gasteiger partial charge in [0.25, 0.3) is 0 Å². The van der Waals surface area contributed by atoms with E-state index >= 15 is 0 Å². The second-order valence-corrected chi connectivity index (χ2v) is 4.90. The minimum absolute atomic E-state index is 0.0341. The van der Waals surface area contributed by atoms with Crippen LogP contribution in [-0.2, 0) is 0 Å². The van der Waals surface area contributed by atoms with Crippen LogP contribution >= 0.6 is 11.8 Å². The molecule has 0 aromatic heterocycles. The number of hydrogen-bond donors (Lipinski definition) is 3. The first-order valence-electron chi connectivity index (χ1n) is 6.39. The van der Waals surface area contributed by atoms with Crippen molar-refractivity contribution in [2.24, 2.45) is 11.7 Å². The summed E-state index contributed by atoms with van der Waals surface area (Å²) >= 11 is 5.84. The minimum Gasteiger partial charge on any atom is -0.312 e. The van der Waals surface area contributed by atoms with Crippen LogP contribution in [0.4, 0.5) is 0 Å². The number of hydrogen-bond acceptors (Lipinski definition) is 3. The van der Waals surface area contributed by atoms with Crippen LogP contribution in [0.5, 0.6) is 0 Å². The van der Waals surface area contributed by atoms with Crippen LogP contribution in [0.2, 0.25) is 0 Å². The summed E-state index contributed by atoms with van der Waals surface area (Å²) in [6.45, 7) is 0. The zero-order chi connectivity index (χ0) is 12.8. The molecule has 4 heteroatoms. The average molecular weight is 266 g/mol. The van der Waals surface area contributed by atoms with Crippen LogP contribution in [0.1, 0.15) is 31.0 Å². The number of nitrogens with two attached hydrogens (primary N) is 1. The van der Waals surface area contributed by atoms with Crippen molar-refractivity contribution in [1.82, 2.24) is 10.2 Å². The third-order valence-electron chi connectivity index (χ3n) is 3.42. The molecule has 4 N–H and O–H groups in total. The molecule has 0 saturated carbocycles. The largest absolute Gasteiger partial charge is 0.312 e. The van der Waals surface area contributed by atoms with Crippen LogP contribution in [0.25, 0.3) is 0 Å². The lowest BCUT2D eigenvalue weighted by Gasteiger charge is -2.30. The Bertz CT molecular complexity index is 380. The molecule has 18 heavy (non-hydrogen) atoms. The van der Waals surface area contributed by atoms with Crippen molar-refractivity contribution in [3.05, 3.63) is 48.0 Å². The quantitative estimate of drug-likeness (QED) is 0.436. The van der Waals surface area contributed by atoms with Gasteiger partial charge in [0.1, 0.15) is 0 Å². The molecule has 98 valence electrons. The molecule has 0 radical (unpaired) electrons. The molecule has 0 spiro atoms. The highest BCUT2D eigenvalue weighted by molar-refractivity contribution is 6.13.